The van der Waals surface area contributed by atoms with Crippen molar-refractivity contribution in [1.29, 1.82) is 0 Å². The van der Waals surface area contributed by atoms with Gasteiger partial charge in [0.15, 0.2) is 0 Å². The summed E-state index contributed by atoms with van der Waals surface area (Å²) in [6.45, 7) is 0.160. The van der Waals surface area contributed by atoms with Gasteiger partial charge in [0.2, 0.25) is 0 Å². The van der Waals surface area contributed by atoms with Gasteiger partial charge < -0.3 is 34.6 Å². The Morgan fingerprint density at radius 3 is 1.50 bits per heavy atom. The number of benzene rings is 2. The predicted molar refractivity (Wildman–Crippen MR) is 124 cm³/mol. The minimum atomic E-state index is -1.53. The van der Waals surface area contributed by atoms with Gasteiger partial charge in [0.1, 0.15) is 28.1 Å². The lowest BCUT2D eigenvalue weighted by Crippen LogP contribution is -2.39. The van der Waals surface area contributed by atoms with E-state index in [9.17, 15) is 30.0 Å². The van der Waals surface area contributed by atoms with Crippen LogP contribution in [0, 0.1) is 10.8 Å². The summed E-state index contributed by atoms with van der Waals surface area (Å²) in [5.74, 6) is -1.03. The van der Waals surface area contributed by atoms with Crippen molar-refractivity contribution in [3.63, 3.8) is 0 Å². The molecule has 0 saturated carbocycles. The summed E-state index contributed by atoms with van der Waals surface area (Å²) in [6, 6.07) is 11.6. The third-order valence-electron chi connectivity index (χ3n) is 5.29. The zero-order valence-corrected chi connectivity index (χ0v) is 19.4. The van der Waals surface area contributed by atoms with Crippen molar-refractivity contribution in [3.8, 4) is 17.2 Å². The van der Waals surface area contributed by atoms with E-state index in [0.29, 0.717) is 11.3 Å². The van der Waals surface area contributed by atoms with Crippen LogP contribution in [-0.2, 0) is 9.59 Å². The summed E-state index contributed by atoms with van der Waals surface area (Å²) < 4.78 is 15.8. The largest absolute Gasteiger partial charge is 0.497 e. The van der Waals surface area contributed by atoms with Gasteiger partial charge in [-0.25, -0.2) is 0 Å². The molecule has 9 nitrogen and oxygen atoms in total. The summed E-state index contributed by atoms with van der Waals surface area (Å²) >= 11 is 0. The standard InChI is InChI=1S/C25H30O9/c1-24(13-26,14-27)22(30)33-20-10-18(5-4-17-6-8-19(32-3)9-7-17)11-21(12-20)34-23(31)25(2,15-28)16-29/h4-12,26-29H,13-16H2,1-3H3/b5-4+. The molecule has 2 aromatic rings. The molecule has 0 fully saturated rings. The van der Waals surface area contributed by atoms with Gasteiger partial charge in [0.05, 0.1) is 33.5 Å². The number of aliphatic hydroxyl groups is 4. The first-order chi connectivity index (χ1) is 16.1. The third-order valence-corrected chi connectivity index (χ3v) is 5.29. The normalized spacial score (nSPS) is 12.0. The lowest BCUT2D eigenvalue weighted by Gasteiger charge is -2.23. The van der Waals surface area contributed by atoms with Gasteiger partial charge in [0.25, 0.3) is 0 Å². The van der Waals surface area contributed by atoms with Gasteiger partial charge in [-0.15, -0.1) is 0 Å². The molecule has 184 valence electrons. The van der Waals surface area contributed by atoms with Gasteiger partial charge in [-0.1, -0.05) is 24.3 Å². The molecule has 0 amide bonds. The van der Waals surface area contributed by atoms with Crippen LogP contribution in [0.4, 0.5) is 0 Å². The molecule has 34 heavy (non-hydrogen) atoms. The molecule has 0 heterocycles. The molecule has 0 saturated heterocycles. The molecule has 0 aliphatic heterocycles. The minimum Gasteiger partial charge on any atom is -0.497 e. The maximum atomic E-state index is 12.5. The number of esters is 2. The van der Waals surface area contributed by atoms with Crippen LogP contribution in [0.5, 0.6) is 17.2 Å². The maximum Gasteiger partial charge on any atom is 0.321 e. The highest BCUT2D eigenvalue weighted by Gasteiger charge is 2.35. The fourth-order valence-electron chi connectivity index (χ4n) is 2.53. The molecule has 0 aliphatic carbocycles. The second kappa shape index (κ2) is 11.8. The topological polar surface area (TPSA) is 143 Å². The molecule has 0 atom stereocenters. The Morgan fingerprint density at radius 1 is 0.706 bits per heavy atom. The van der Waals surface area contributed by atoms with E-state index < -0.39 is 49.2 Å². The highest BCUT2D eigenvalue weighted by atomic mass is 16.6. The van der Waals surface area contributed by atoms with Crippen LogP contribution in [0.1, 0.15) is 25.0 Å². The maximum absolute atomic E-state index is 12.5. The molecule has 0 unspecified atom stereocenters. The van der Waals surface area contributed by atoms with E-state index in [1.807, 2.05) is 12.1 Å². The predicted octanol–water partition coefficient (Wildman–Crippen LogP) is 1.66. The van der Waals surface area contributed by atoms with Crippen LogP contribution in [0.25, 0.3) is 12.2 Å². The van der Waals surface area contributed by atoms with Gasteiger partial charge in [-0.05, 0) is 49.2 Å². The Labute approximate surface area is 197 Å². The van der Waals surface area contributed by atoms with Gasteiger partial charge >= 0.3 is 11.9 Å². The second-order valence-corrected chi connectivity index (χ2v) is 8.38. The Bertz CT molecular complexity index is 953. The first-order valence-electron chi connectivity index (χ1n) is 10.5. The highest BCUT2D eigenvalue weighted by molar-refractivity contribution is 5.81. The third kappa shape index (κ3) is 6.64. The summed E-state index contributed by atoms with van der Waals surface area (Å²) in [4.78, 5) is 25.0. The van der Waals surface area contributed by atoms with E-state index >= 15 is 0 Å². The summed E-state index contributed by atoms with van der Waals surface area (Å²) in [6.07, 6.45) is 3.48. The van der Waals surface area contributed by atoms with Crippen LogP contribution in [0.3, 0.4) is 0 Å². The van der Waals surface area contributed by atoms with Crippen LogP contribution in [0.15, 0.2) is 42.5 Å². The summed E-state index contributed by atoms with van der Waals surface area (Å²) in [7, 11) is 1.57. The Balaban J connectivity index is 2.40. The average molecular weight is 475 g/mol. The number of aliphatic hydroxyl groups excluding tert-OH is 4. The van der Waals surface area contributed by atoms with Crippen molar-refractivity contribution in [2.45, 2.75) is 13.8 Å². The Kier molecular flexibility index (Phi) is 9.34. The van der Waals surface area contributed by atoms with Crippen molar-refractivity contribution in [2.75, 3.05) is 33.5 Å². The van der Waals surface area contributed by atoms with Crippen LogP contribution in [0.2, 0.25) is 0 Å². The fourth-order valence-corrected chi connectivity index (χ4v) is 2.53. The van der Waals surface area contributed by atoms with Crippen molar-refractivity contribution < 1.29 is 44.2 Å². The molecular formula is C25H30O9. The molecule has 0 spiro atoms. The highest BCUT2D eigenvalue weighted by Crippen LogP contribution is 2.29. The number of carbonyl (C=O) groups excluding carboxylic acids is 2. The van der Waals surface area contributed by atoms with Gasteiger partial charge in [0, 0.05) is 6.07 Å². The van der Waals surface area contributed by atoms with Crippen LogP contribution in [-0.4, -0.2) is 65.9 Å². The lowest BCUT2D eigenvalue weighted by atomic mass is 9.93. The summed E-state index contributed by atoms with van der Waals surface area (Å²) in [5.41, 5.74) is -1.70. The number of hydrogen-bond donors (Lipinski definition) is 4. The number of hydrogen-bond acceptors (Lipinski definition) is 9. The molecule has 0 aromatic heterocycles. The zero-order chi connectivity index (χ0) is 25.4. The molecule has 9 heteroatoms. The van der Waals surface area contributed by atoms with Gasteiger partial charge in [-0.2, -0.15) is 0 Å². The Morgan fingerprint density at radius 2 is 1.12 bits per heavy atom. The molecular weight excluding hydrogens is 444 g/mol. The van der Waals surface area contributed by atoms with E-state index in [-0.39, 0.29) is 11.5 Å². The first kappa shape index (κ1) is 27.0. The smallest absolute Gasteiger partial charge is 0.321 e. The SMILES string of the molecule is COc1ccc(/C=C/c2cc(OC(=O)C(C)(CO)CO)cc(OC(=O)C(C)(CO)CO)c2)cc1. The lowest BCUT2D eigenvalue weighted by molar-refractivity contribution is -0.150. The molecule has 4 N–H and O–H groups in total. The minimum absolute atomic E-state index is 0.00695. The average Bonchev–Trinajstić information content (AvgIpc) is 2.86. The molecule has 2 rings (SSSR count). The number of carbonyl (C=O) groups is 2. The number of rotatable bonds is 11. The quantitative estimate of drug-likeness (QED) is 0.217. The summed E-state index contributed by atoms with van der Waals surface area (Å²) in [5, 5.41) is 37.8. The molecule has 2 aromatic carbocycles. The van der Waals surface area contributed by atoms with Crippen molar-refractivity contribution in [1.82, 2.24) is 0 Å². The zero-order valence-electron chi connectivity index (χ0n) is 19.4. The van der Waals surface area contributed by atoms with Crippen LogP contribution < -0.4 is 14.2 Å². The van der Waals surface area contributed by atoms with Crippen molar-refractivity contribution >= 4 is 24.1 Å². The molecule has 0 radical (unpaired) electrons. The molecule has 0 bridgehead atoms. The molecule has 0 aliphatic rings. The fraction of sp³-hybridized carbons (Fsp3) is 0.360. The van der Waals surface area contributed by atoms with Gasteiger partial charge in [-0.3, -0.25) is 9.59 Å². The van der Waals surface area contributed by atoms with E-state index in [2.05, 4.69) is 0 Å². The number of ether oxygens (including phenoxy) is 3. The number of methoxy groups -OCH3 is 1. The van der Waals surface area contributed by atoms with E-state index in [1.54, 1.807) is 31.4 Å². The van der Waals surface area contributed by atoms with Crippen molar-refractivity contribution in [3.05, 3.63) is 53.6 Å². The van der Waals surface area contributed by atoms with E-state index in [1.165, 1.54) is 32.0 Å². The first-order valence-corrected chi connectivity index (χ1v) is 10.5. The monoisotopic (exact) mass is 474 g/mol. The second-order valence-electron chi connectivity index (χ2n) is 8.38. The Hall–Kier alpha value is -3.24. The van der Waals surface area contributed by atoms with Crippen LogP contribution >= 0.6 is 0 Å². The van der Waals surface area contributed by atoms with E-state index in [0.717, 1.165) is 5.56 Å². The van der Waals surface area contributed by atoms with E-state index in [4.69, 9.17) is 14.2 Å². The van der Waals surface area contributed by atoms with Crippen molar-refractivity contribution in [2.24, 2.45) is 10.8 Å².